The molecule has 0 aromatic heterocycles. The van der Waals surface area contributed by atoms with Gasteiger partial charge in [0.05, 0.1) is 17.4 Å². The van der Waals surface area contributed by atoms with Crippen molar-refractivity contribution >= 4 is 11.9 Å². The summed E-state index contributed by atoms with van der Waals surface area (Å²) in [6.07, 6.45) is 4.75. The molecule has 1 N–H and O–H groups in total. The number of rotatable bonds is 11. The molecule has 0 amide bonds. The maximum absolute atomic E-state index is 11.8. The fourth-order valence-electron chi connectivity index (χ4n) is 1.76. The summed E-state index contributed by atoms with van der Waals surface area (Å²) in [6, 6.07) is 0. The van der Waals surface area contributed by atoms with E-state index in [1.54, 1.807) is 13.8 Å². The van der Waals surface area contributed by atoms with Crippen LogP contribution in [-0.2, 0) is 19.4 Å². The quantitative estimate of drug-likeness (QED) is 0.355. The van der Waals surface area contributed by atoms with Gasteiger partial charge in [-0.25, -0.2) is 4.79 Å². The first-order valence-corrected chi connectivity index (χ1v) is 7.71. The maximum Gasteiger partial charge on any atom is 0.347 e. The fraction of sp³-hybridized carbons (Fsp3) is 0.875. The highest BCUT2D eigenvalue weighted by atomic mass is 17.2. The number of hydrogen-bond acceptors (Lipinski definition) is 4. The van der Waals surface area contributed by atoms with E-state index < -0.39 is 16.8 Å². The molecule has 0 rings (SSSR count). The monoisotopic (exact) mass is 302 g/mol. The minimum absolute atomic E-state index is 0.297. The number of aliphatic carboxylic acids is 1. The lowest BCUT2D eigenvalue weighted by Gasteiger charge is -2.21. The molecule has 0 fully saturated rings. The van der Waals surface area contributed by atoms with Gasteiger partial charge in [-0.15, -0.1) is 0 Å². The van der Waals surface area contributed by atoms with E-state index in [-0.39, 0.29) is 5.97 Å². The van der Waals surface area contributed by atoms with Crippen LogP contribution >= 0.6 is 0 Å². The van der Waals surface area contributed by atoms with Crippen LogP contribution in [0.4, 0.5) is 0 Å². The van der Waals surface area contributed by atoms with Gasteiger partial charge < -0.3 is 5.11 Å². The minimum Gasteiger partial charge on any atom is -0.481 e. The molecule has 0 saturated heterocycles. The van der Waals surface area contributed by atoms with Gasteiger partial charge in [0.2, 0.25) is 0 Å². The van der Waals surface area contributed by atoms with Gasteiger partial charge >= 0.3 is 11.9 Å². The predicted octanol–water partition coefficient (Wildman–Crippen LogP) is 3.96. The van der Waals surface area contributed by atoms with Crippen molar-refractivity contribution in [3.05, 3.63) is 0 Å². The number of carbonyl (C=O) groups excluding carboxylic acids is 1. The smallest absolute Gasteiger partial charge is 0.347 e. The Balaban J connectivity index is 3.81. The predicted molar refractivity (Wildman–Crippen MR) is 80.6 cm³/mol. The third-order valence-corrected chi connectivity index (χ3v) is 3.70. The zero-order valence-electron chi connectivity index (χ0n) is 14.0. The first-order chi connectivity index (χ1) is 9.63. The van der Waals surface area contributed by atoms with E-state index in [1.807, 2.05) is 13.8 Å². The van der Waals surface area contributed by atoms with Crippen molar-refractivity contribution in [3.63, 3.8) is 0 Å². The summed E-state index contributed by atoms with van der Waals surface area (Å²) in [5.41, 5.74) is -1.25. The minimum atomic E-state index is -0.799. The normalized spacial score (nSPS) is 12.2. The Bertz CT molecular complexity index is 334. The van der Waals surface area contributed by atoms with Gasteiger partial charge in [0.1, 0.15) is 0 Å². The van der Waals surface area contributed by atoms with Gasteiger partial charge in [-0.1, -0.05) is 19.8 Å². The number of carboxylic acid groups (broad SMARTS) is 1. The summed E-state index contributed by atoms with van der Waals surface area (Å²) in [5, 5.41) is 8.98. The van der Waals surface area contributed by atoms with Gasteiger partial charge in [0, 0.05) is 0 Å². The van der Waals surface area contributed by atoms with Crippen LogP contribution in [0.5, 0.6) is 0 Å². The first kappa shape index (κ1) is 19.9. The summed E-state index contributed by atoms with van der Waals surface area (Å²) in [6.45, 7) is 9.48. The molecule has 0 bridgehead atoms. The van der Waals surface area contributed by atoms with E-state index in [4.69, 9.17) is 14.9 Å². The Hall–Kier alpha value is -1.10. The van der Waals surface area contributed by atoms with Gasteiger partial charge in [0.15, 0.2) is 0 Å². The van der Waals surface area contributed by atoms with Crippen molar-refractivity contribution in [2.45, 2.75) is 73.1 Å². The topological polar surface area (TPSA) is 72.8 Å². The molecule has 5 heteroatoms. The summed E-state index contributed by atoms with van der Waals surface area (Å²) in [4.78, 5) is 32.5. The van der Waals surface area contributed by atoms with Crippen LogP contribution in [0.3, 0.4) is 0 Å². The number of carboxylic acids is 1. The third-order valence-electron chi connectivity index (χ3n) is 3.70. The standard InChI is InChI=1S/C16H30O5/c1-6-7-10-16(4,5)14(19)21-20-12-9-8-11-15(2,3)13(17)18/h6-12H2,1-5H3,(H,17,18). The number of hydrogen-bond donors (Lipinski definition) is 1. The molecule has 0 atom stereocenters. The maximum atomic E-state index is 11.8. The van der Waals surface area contributed by atoms with Gasteiger partial charge in [-0.3, -0.25) is 9.68 Å². The van der Waals surface area contributed by atoms with Crippen molar-refractivity contribution in [2.75, 3.05) is 6.61 Å². The molecule has 0 aromatic carbocycles. The van der Waals surface area contributed by atoms with Crippen LogP contribution in [0.1, 0.15) is 73.1 Å². The van der Waals surface area contributed by atoms with Crippen molar-refractivity contribution in [1.29, 1.82) is 0 Å². The molecule has 0 aliphatic carbocycles. The van der Waals surface area contributed by atoms with Gasteiger partial charge in [-0.05, 0) is 53.4 Å². The number of unbranched alkanes of at least 4 members (excludes halogenated alkanes) is 2. The molecule has 21 heavy (non-hydrogen) atoms. The Morgan fingerprint density at radius 2 is 1.52 bits per heavy atom. The third kappa shape index (κ3) is 8.05. The highest BCUT2D eigenvalue weighted by Gasteiger charge is 2.30. The van der Waals surface area contributed by atoms with Crippen molar-refractivity contribution in [3.8, 4) is 0 Å². The van der Waals surface area contributed by atoms with Gasteiger partial charge in [0.25, 0.3) is 0 Å². The van der Waals surface area contributed by atoms with E-state index >= 15 is 0 Å². The van der Waals surface area contributed by atoms with Crippen molar-refractivity contribution < 1.29 is 24.5 Å². The van der Waals surface area contributed by atoms with Crippen molar-refractivity contribution in [1.82, 2.24) is 0 Å². The zero-order valence-corrected chi connectivity index (χ0v) is 14.0. The first-order valence-electron chi connectivity index (χ1n) is 7.71. The highest BCUT2D eigenvalue weighted by Crippen LogP contribution is 2.25. The van der Waals surface area contributed by atoms with Crippen LogP contribution in [0.2, 0.25) is 0 Å². The second-order valence-corrected chi connectivity index (χ2v) is 6.83. The van der Waals surface area contributed by atoms with Crippen LogP contribution in [-0.4, -0.2) is 23.7 Å². The Kier molecular flexibility index (Phi) is 8.55. The van der Waals surface area contributed by atoms with Crippen LogP contribution in [0.15, 0.2) is 0 Å². The molecule has 0 aliphatic rings. The second-order valence-electron chi connectivity index (χ2n) is 6.83. The molecule has 0 aromatic rings. The molecule has 0 heterocycles. The summed E-state index contributed by atoms with van der Waals surface area (Å²) < 4.78 is 0. The molecule has 0 aliphatic heterocycles. The van der Waals surface area contributed by atoms with Crippen LogP contribution in [0, 0.1) is 10.8 Å². The van der Waals surface area contributed by atoms with E-state index in [9.17, 15) is 9.59 Å². The Morgan fingerprint density at radius 3 is 2.05 bits per heavy atom. The fourth-order valence-corrected chi connectivity index (χ4v) is 1.76. The molecule has 0 spiro atoms. The Labute approximate surface area is 127 Å². The molecule has 5 nitrogen and oxygen atoms in total. The molecule has 0 unspecified atom stereocenters. The average molecular weight is 302 g/mol. The van der Waals surface area contributed by atoms with E-state index in [1.165, 1.54) is 0 Å². The average Bonchev–Trinajstić information content (AvgIpc) is 2.39. The van der Waals surface area contributed by atoms with E-state index in [0.717, 1.165) is 25.7 Å². The molecule has 0 saturated carbocycles. The lowest BCUT2D eigenvalue weighted by molar-refractivity contribution is -0.280. The highest BCUT2D eigenvalue weighted by molar-refractivity contribution is 5.75. The van der Waals surface area contributed by atoms with Gasteiger partial charge in [-0.2, -0.15) is 4.89 Å². The largest absolute Gasteiger partial charge is 0.481 e. The molecule has 0 radical (unpaired) electrons. The Morgan fingerprint density at radius 1 is 0.952 bits per heavy atom. The summed E-state index contributed by atoms with van der Waals surface area (Å²) in [7, 11) is 0. The SMILES string of the molecule is CCCCC(C)(C)C(=O)OOCCCCC(C)(C)C(=O)O. The van der Waals surface area contributed by atoms with E-state index in [0.29, 0.717) is 19.4 Å². The van der Waals surface area contributed by atoms with Crippen LogP contribution < -0.4 is 0 Å². The lowest BCUT2D eigenvalue weighted by atomic mass is 9.87. The van der Waals surface area contributed by atoms with Crippen molar-refractivity contribution in [2.24, 2.45) is 10.8 Å². The molecule has 124 valence electrons. The summed E-state index contributed by atoms with van der Waals surface area (Å²) >= 11 is 0. The van der Waals surface area contributed by atoms with Crippen LogP contribution in [0.25, 0.3) is 0 Å². The zero-order chi connectivity index (χ0) is 16.5. The molecular weight excluding hydrogens is 272 g/mol. The summed E-state index contributed by atoms with van der Waals surface area (Å²) in [5.74, 6) is -1.14. The number of carbonyl (C=O) groups is 2. The molecular formula is C16H30O5. The second kappa shape index (κ2) is 9.03. The van der Waals surface area contributed by atoms with E-state index in [2.05, 4.69) is 6.92 Å². The lowest BCUT2D eigenvalue weighted by Crippen LogP contribution is -2.27.